The Balaban J connectivity index is 1.20. The second-order valence-corrected chi connectivity index (χ2v) is 16.5. The van der Waals surface area contributed by atoms with Crippen LogP contribution in [0.1, 0.15) is 22.4 Å². The molecule has 0 unspecified atom stereocenters. The molecule has 0 aliphatic heterocycles. The maximum atomic E-state index is 10.6. The molecule has 0 aliphatic carbocycles. The Morgan fingerprint density at radius 2 is 1.18 bits per heavy atom. The third-order valence-electron chi connectivity index (χ3n) is 11.4. The molecule has 11 rings (SSSR count). The van der Waals surface area contributed by atoms with Crippen LogP contribution in [0.2, 0.25) is 0 Å². The summed E-state index contributed by atoms with van der Waals surface area (Å²) < 4.78 is 9.57. The summed E-state index contributed by atoms with van der Waals surface area (Å²) in [6.45, 7) is 6.14. The fourth-order valence-corrected chi connectivity index (χ4v) is 11.2. The molecule has 0 N–H and O–H groups in total. The van der Waals surface area contributed by atoms with Gasteiger partial charge in [0.25, 0.3) is 0 Å². The molecule has 0 saturated heterocycles. The summed E-state index contributed by atoms with van der Waals surface area (Å²) in [6.07, 6.45) is 5.88. The largest absolute Gasteiger partial charge is 0.309 e. The molecule has 57 heavy (non-hydrogen) atoms. The van der Waals surface area contributed by atoms with Crippen LogP contribution in [-0.2, 0) is 0 Å². The summed E-state index contributed by atoms with van der Waals surface area (Å²) >= 11 is 3.61. The van der Waals surface area contributed by atoms with Crippen molar-refractivity contribution in [1.82, 2.24) is 9.13 Å². The Bertz CT molecular complexity index is 3650. The molecule has 0 bridgehead atoms. The lowest BCUT2D eigenvalue weighted by molar-refractivity contribution is 1.10. The van der Waals surface area contributed by atoms with Gasteiger partial charge >= 0.3 is 0 Å². The van der Waals surface area contributed by atoms with Crippen molar-refractivity contribution < 1.29 is 0 Å². The number of hydrogen-bond donors (Lipinski definition) is 0. The standard InChI is InChI=1S/C51H30N4S2/c1-3-4-14-43-30(2)35-22-23-39-37-12-6-9-16-45(37)57-51(39)50(35)54(43)33-20-18-31(28-52)41(26-33)42-27-34(21-19-32(42)29-53)55-44-15-8-5-11-36(44)38-24-25-47-48(49(38)55)40-13-7-10-17-46(40)56-47/h3-27H,1H2,2H3/b14-4-. The SMILES string of the molecule is C=C/C=C\c1c(C)c2ccc3c4ccccc4sc3c2n1-c1ccc(C#N)c(-c2cc(-n3c4ccccc4c4ccc5sc6ccccc6c5c43)ccc2C#N)c1. The van der Waals surface area contributed by atoms with Gasteiger partial charge in [-0.05, 0) is 79.2 Å². The van der Waals surface area contributed by atoms with Gasteiger partial charge in [0, 0.05) is 80.0 Å². The second-order valence-electron chi connectivity index (χ2n) is 14.3. The summed E-state index contributed by atoms with van der Waals surface area (Å²) in [4.78, 5) is 0. The zero-order valence-electron chi connectivity index (χ0n) is 30.7. The van der Waals surface area contributed by atoms with Gasteiger partial charge in [-0.1, -0.05) is 91.5 Å². The van der Waals surface area contributed by atoms with Crippen molar-refractivity contribution in [3.05, 3.63) is 175 Å². The van der Waals surface area contributed by atoms with E-state index in [1.54, 1.807) is 28.7 Å². The van der Waals surface area contributed by atoms with E-state index in [0.717, 1.165) is 44.6 Å². The number of para-hydroxylation sites is 1. The molecule has 0 saturated carbocycles. The zero-order valence-corrected chi connectivity index (χ0v) is 32.4. The monoisotopic (exact) mass is 762 g/mol. The van der Waals surface area contributed by atoms with Crippen molar-refractivity contribution in [1.29, 1.82) is 10.5 Å². The maximum absolute atomic E-state index is 10.6. The van der Waals surface area contributed by atoms with E-state index in [1.807, 2.05) is 30.3 Å². The van der Waals surface area contributed by atoms with Gasteiger partial charge in [0.05, 0.1) is 44.5 Å². The number of thiophene rings is 2. The number of hydrogen-bond acceptors (Lipinski definition) is 4. The first-order chi connectivity index (χ1) is 28.1. The number of rotatable bonds is 5. The second kappa shape index (κ2) is 12.7. The molecule has 0 radical (unpaired) electrons. The summed E-state index contributed by atoms with van der Waals surface area (Å²) in [7, 11) is 0. The topological polar surface area (TPSA) is 57.4 Å². The van der Waals surface area contributed by atoms with E-state index in [-0.39, 0.29) is 0 Å². The minimum absolute atomic E-state index is 0.504. The van der Waals surface area contributed by atoms with Crippen LogP contribution >= 0.6 is 22.7 Å². The summed E-state index contributed by atoms with van der Waals surface area (Å²) in [5.41, 5.74) is 9.81. The van der Waals surface area contributed by atoms with Crippen LogP contribution in [0, 0.1) is 29.6 Å². The molecule has 7 aromatic carbocycles. The molecule has 11 aromatic rings. The van der Waals surface area contributed by atoms with Crippen LogP contribution in [0.5, 0.6) is 0 Å². The summed E-state index contributed by atoms with van der Waals surface area (Å²) in [6, 6.07) is 51.6. The highest BCUT2D eigenvalue weighted by Crippen LogP contribution is 2.45. The smallest absolute Gasteiger partial charge is 0.0998 e. The Morgan fingerprint density at radius 1 is 0.561 bits per heavy atom. The minimum Gasteiger partial charge on any atom is -0.309 e. The van der Waals surface area contributed by atoms with E-state index in [0.29, 0.717) is 22.3 Å². The van der Waals surface area contributed by atoms with Crippen molar-refractivity contribution in [2.75, 3.05) is 0 Å². The molecule has 0 spiro atoms. The van der Waals surface area contributed by atoms with Crippen LogP contribution in [0.3, 0.4) is 0 Å². The maximum Gasteiger partial charge on any atom is 0.0998 e. The third kappa shape index (κ3) is 4.76. The van der Waals surface area contributed by atoms with Gasteiger partial charge in [0.15, 0.2) is 0 Å². The van der Waals surface area contributed by atoms with Crippen LogP contribution in [0.25, 0.3) is 102 Å². The Kier molecular flexibility index (Phi) is 7.36. The molecule has 6 heteroatoms. The zero-order chi connectivity index (χ0) is 38.4. The van der Waals surface area contributed by atoms with Gasteiger partial charge in [0.2, 0.25) is 0 Å². The Morgan fingerprint density at radius 3 is 1.89 bits per heavy atom. The average molecular weight is 763 g/mol. The molecule has 4 nitrogen and oxygen atoms in total. The van der Waals surface area contributed by atoms with Crippen molar-refractivity contribution >= 4 is 102 Å². The number of aromatic nitrogens is 2. The number of benzene rings is 7. The van der Waals surface area contributed by atoms with Crippen LogP contribution in [0.4, 0.5) is 0 Å². The summed E-state index contributed by atoms with van der Waals surface area (Å²) in [5, 5.41) is 29.7. The number of aryl methyl sites for hydroxylation is 1. The number of allylic oxidation sites excluding steroid dienone is 2. The molecule has 266 valence electrons. The first kappa shape index (κ1) is 33.1. The van der Waals surface area contributed by atoms with Crippen molar-refractivity contribution in [2.24, 2.45) is 0 Å². The highest BCUT2D eigenvalue weighted by Gasteiger charge is 2.23. The van der Waals surface area contributed by atoms with Crippen molar-refractivity contribution in [3.8, 4) is 34.6 Å². The molecule has 0 aliphatic rings. The van der Waals surface area contributed by atoms with Crippen LogP contribution in [0.15, 0.2) is 152 Å². The highest BCUT2D eigenvalue weighted by atomic mass is 32.1. The quantitative estimate of drug-likeness (QED) is 0.164. The van der Waals surface area contributed by atoms with E-state index >= 15 is 0 Å². The van der Waals surface area contributed by atoms with Gasteiger partial charge in [0.1, 0.15) is 0 Å². The molecular formula is C51H30N4S2. The van der Waals surface area contributed by atoms with Crippen LogP contribution in [-0.4, -0.2) is 9.13 Å². The van der Waals surface area contributed by atoms with Gasteiger partial charge in [-0.2, -0.15) is 10.5 Å². The Labute approximate surface area is 335 Å². The van der Waals surface area contributed by atoms with Crippen LogP contribution < -0.4 is 0 Å². The van der Waals surface area contributed by atoms with Gasteiger partial charge in [-0.25, -0.2) is 0 Å². The predicted molar refractivity (Wildman–Crippen MR) is 242 cm³/mol. The molecule has 0 atom stereocenters. The van der Waals surface area contributed by atoms with E-state index in [4.69, 9.17) is 0 Å². The fourth-order valence-electron chi connectivity index (χ4n) is 8.87. The van der Waals surface area contributed by atoms with E-state index < -0.39 is 0 Å². The molecule has 4 aromatic heterocycles. The number of nitrogens with zero attached hydrogens (tertiary/aromatic N) is 4. The predicted octanol–water partition coefficient (Wildman–Crippen LogP) is 14.4. The normalized spacial score (nSPS) is 11.9. The first-order valence-electron chi connectivity index (χ1n) is 18.7. The third-order valence-corrected chi connectivity index (χ3v) is 13.7. The first-order valence-corrected chi connectivity index (χ1v) is 20.4. The van der Waals surface area contributed by atoms with Crippen molar-refractivity contribution in [2.45, 2.75) is 6.92 Å². The number of fused-ring (bicyclic) bond motifs is 12. The van der Waals surface area contributed by atoms with E-state index in [9.17, 15) is 10.5 Å². The molecule has 0 fully saturated rings. The average Bonchev–Trinajstić information content (AvgIpc) is 4.00. The Hall–Kier alpha value is -7.22. The highest BCUT2D eigenvalue weighted by molar-refractivity contribution is 7.26. The van der Waals surface area contributed by atoms with Crippen molar-refractivity contribution in [3.63, 3.8) is 0 Å². The lowest BCUT2D eigenvalue weighted by Gasteiger charge is -2.16. The molecule has 4 heterocycles. The van der Waals surface area contributed by atoms with E-state index in [2.05, 4.69) is 150 Å². The lowest BCUT2D eigenvalue weighted by atomic mass is 9.95. The molecule has 0 amide bonds. The fraction of sp³-hybridized carbons (Fsp3) is 0.0196. The van der Waals surface area contributed by atoms with Gasteiger partial charge in [-0.3, -0.25) is 0 Å². The minimum atomic E-state index is 0.504. The van der Waals surface area contributed by atoms with Gasteiger partial charge in [-0.15, -0.1) is 22.7 Å². The van der Waals surface area contributed by atoms with Gasteiger partial charge < -0.3 is 9.13 Å². The lowest BCUT2D eigenvalue weighted by Crippen LogP contribution is -2.01. The molecular weight excluding hydrogens is 733 g/mol. The van der Waals surface area contributed by atoms with E-state index in [1.165, 1.54) is 51.1 Å². The number of nitriles is 2. The summed E-state index contributed by atoms with van der Waals surface area (Å²) in [5.74, 6) is 0.